The molecule has 0 heterocycles. The molecule has 17 nitrogen and oxygen atoms in total. The molecular weight excluding hydrogens is 1270 g/mol. The van der Waals surface area contributed by atoms with Crippen molar-refractivity contribution < 1.29 is 80.2 Å². The van der Waals surface area contributed by atoms with Crippen LogP contribution < -0.4 is 0 Å². The number of rotatable bonds is 75. The SMILES string of the molecule is CC(C)CCCCCCCCCCCCCCCCCC(=O)O[C@H](COC(=O)CCCCCCCCCCCC(C)C)COP(=O)(O)OCC(O)COP(=O)(O)OC[C@@H](COC(=O)CCCCCCCCCC(C)C)OC(=O)CCCCCCCCCCCCCCCCC(C)C. The number of aliphatic hydroxyl groups excluding tert-OH is 1. The molecule has 0 aromatic heterocycles. The van der Waals surface area contributed by atoms with Crippen molar-refractivity contribution in [1.82, 2.24) is 0 Å². The third kappa shape index (κ3) is 72.2. The molecule has 0 aliphatic carbocycles. The summed E-state index contributed by atoms with van der Waals surface area (Å²) in [5.41, 5.74) is 0. The fourth-order valence-corrected chi connectivity index (χ4v) is 13.5. The first-order valence-corrected chi connectivity index (χ1v) is 43.2. The van der Waals surface area contributed by atoms with E-state index in [0.717, 1.165) is 114 Å². The summed E-state index contributed by atoms with van der Waals surface area (Å²) in [6, 6.07) is 0. The van der Waals surface area contributed by atoms with Crippen LogP contribution in [-0.4, -0.2) is 96.7 Å². The lowest BCUT2D eigenvalue weighted by Crippen LogP contribution is -2.30. The zero-order valence-electron chi connectivity index (χ0n) is 63.7. The molecule has 0 aliphatic rings. The largest absolute Gasteiger partial charge is 0.472 e. The van der Waals surface area contributed by atoms with E-state index in [1.165, 1.54) is 193 Å². The molecule has 0 saturated heterocycles. The van der Waals surface area contributed by atoms with E-state index in [4.69, 9.17) is 37.0 Å². The molecule has 0 aromatic rings. The van der Waals surface area contributed by atoms with Gasteiger partial charge in [-0.25, -0.2) is 9.13 Å². The van der Waals surface area contributed by atoms with Gasteiger partial charge in [-0.3, -0.25) is 37.3 Å². The zero-order valence-corrected chi connectivity index (χ0v) is 65.5. The number of phosphoric acid groups is 2. The molecule has 0 saturated carbocycles. The Kier molecular flexibility index (Phi) is 65.9. The summed E-state index contributed by atoms with van der Waals surface area (Å²) in [6.45, 7) is 14.2. The lowest BCUT2D eigenvalue weighted by molar-refractivity contribution is -0.161. The number of hydrogen-bond donors (Lipinski definition) is 3. The third-order valence-electron chi connectivity index (χ3n) is 18.1. The van der Waals surface area contributed by atoms with Crippen molar-refractivity contribution in [2.24, 2.45) is 23.7 Å². The normalized spacial score (nSPS) is 14.1. The molecular formula is C78H152O17P2. The minimum atomic E-state index is -4.96. The molecule has 5 atom stereocenters. The maximum Gasteiger partial charge on any atom is 0.472 e. The monoisotopic (exact) mass is 1420 g/mol. The maximum atomic E-state index is 13.1. The van der Waals surface area contributed by atoms with Gasteiger partial charge in [0.2, 0.25) is 0 Å². The highest BCUT2D eigenvalue weighted by Gasteiger charge is 2.30. The number of esters is 4. The topological polar surface area (TPSA) is 237 Å². The molecule has 0 spiro atoms. The Morgan fingerprint density at radius 2 is 0.433 bits per heavy atom. The van der Waals surface area contributed by atoms with Gasteiger partial charge in [0.1, 0.15) is 19.3 Å². The van der Waals surface area contributed by atoms with E-state index in [1.807, 2.05) is 0 Å². The van der Waals surface area contributed by atoms with Crippen molar-refractivity contribution in [2.45, 2.75) is 414 Å². The maximum absolute atomic E-state index is 13.1. The molecule has 0 aromatic carbocycles. The summed E-state index contributed by atoms with van der Waals surface area (Å²) in [7, 11) is -9.92. The third-order valence-corrected chi connectivity index (χ3v) is 20.0. The van der Waals surface area contributed by atoms with Crippen molar-refractivity contribution in [3.05, 3.63) is 0 Å². The predicted octanol–water partition coefficient (Wildman–Crippen LogP) is 22.8. The molecule has 0 aliphatic heterocycles. The second kappa shape index (κ2) is 67.2. The van der Waals surface area contributed by atoms with Crippen LogP contribution in [0.15, 0.2) is 0 Å². The summed E-state index contributed by atoms with van der Waals surface area (Å²) in [5.74, 6) is 0.928. The zero-order chi connectivity index (χ0) is 71.7. The number of unbranched alkanes of at least 4 members (excludes halogenated alkanes) is 41. The van der Waals surface area contributed by atoms with E-state index in [2.05, 4.69) is 55.4 Å². The number of hydrogen-bond acceptors (Lipinski definition) is 15. The molecule has 0 amide bonds. The first kappa shape index (κ1) is 95.1. The van der Waals surface area contributed by atoms with E-state index >= 15 is 0 Å². The Hall–Kier alpha value is -1.94. The van der Waals surface area contributed by atoms with Crippen LogP contribution in [0.1, 0.15) is 396 Å². The molecule has 576 valence electrons. The molecule has 0 fully saturated rings. The minimum absolute atomic E-state index is 0.106. The van der Waals surface area contributed by atoms with Crippen LogP contribution in [0.25, 0.3) is 0 Å². The molecule has 97 heavy (non-hydrogen) atoms. The van der Waals surface area contributed by atoms with Gasteiger partial charge in [0, 0.05) is 25.7 Å². The van der Waals surface area contributed by atoms with Crippen LogP contribution >= 0.6 is 15.6 Å². The van der Waals surface area contributed by atoms with Crippen molar-refractivity contribution in [3.8, 4) is 0 Å². The van der Waals surface area contributed by atoms with Crippen molar-refractivity contribution in [3.63, 3.8) is 0 Å². The fraction of sp³-hybridized carbons (Fsp3) is 0.949. The Morgan fingerprint density at radius 1 is 0.258 bits per heavy atom. The van der Waals surface area contributed by atoms with Gasteiger partial charge in [0.25, 0.3) is 0 Å². The van der Waals surface area contributed by atoms with Crippen LogP contribution in [0, 0.1) is 23.7 Å². The summed E-state index contributed by atoms with van der Waals surface area (Å²) in [5, 5.41) is 10.6. The van der Waals surface area contributed by atoms with Crippen LogP contribution in [0.2, 0.25) is 0 Å². The second-order valence-corrected chi connectivity index (χ2v) is 32.9. The van der Waals surface area contributed by atoms with E-state index in [0.29, 0.717) is 31.6 Å². The fourth-order valence-electron chi connectivity index (χ4n) is 11.9. The second-order valence-electron chi connectivity index (χ2n) is 30.0. The van der Waals surface area contributed by atoms with E-state index < -0.39 is 97.5 Å². The lowest BCUT2D eigenvalue weighted by Gasteiger charge is -2.21. The van der Waals surface area contributed by atoms with Crippen LogP contribution in [0.4, 0.5) is 0 Å². The highest BCUT2D eigenvalue weighted by molar-refractivity contribution is 7.47. The number of aliphatic hydroxyl groups is 1. The molecule has 3 N–H and O–H groups in total. The Bertz CT molecular complexity index is 1900. The quantitative estimate of drug-likeness (QED) is 0.0222. The number of carbonyl (C=O) groups is 4. The first-order chi connectivity index (χ1) is 46.6. The molecule has 0 rings (SSSR count). The molecule has 3 unspecified atom stereocenters. The van der Waals surface area contributed by atoms with Gasteiger partial charge in [-0.15, -0.1) is 0 Å². The molecule has 19 heteroatoms. The number of phosphoric ester groups is 2. The van der Waals surface area contributed by atoms with Crippen molar-refractivity contribution in [2.75, 3.05) is 39.6 Å². The summed E-state index contributed by atoms with van der Waals surface area (Å²) >= 11 is 0. The van der Waals surface area contributed by atoms with Crippen molar-refractivity contribution in [1.29, 1.82) is 0 Å². The number of ether oxygens (including phenoxy) is 4. The highest BCUT2D eigenvalue weighted by atomic mass is 31.2. The van der Waals surface area contributed by atoms with Gasteiger partial charge >= 0.3 is 39.5 Å². The molecule has 0 bridgehead atoms. The van der Waals surface area contributed by atoms with Gasteiger partial charge in [0.05, 0.1) is 26.4 Å². The minimum Gasteiger partial charge on any atom is -0.462 e. The van der Waals surface area contributed by atoms with Gasteiger partial charge in [-0.1, -0.05) is 344 Å². The first-order valence-electron chi connectivity index (χ1n) is 40.2. The van der Waals surface area contributed by atoms with E-state index in [9.17, 15) is 43.2 Å². The predicted molar refractivity (Wildman–Crippen MR) is 395 cm³/mol. The van der Waals surface area contributed by atoms with Crippen LogP contribution in [0.5, 0.6) is 0 Å². The Labute approximate surface area is 594 Å². The standard InChI is InChI=1S/C78H152O17P2/c1-68(2)54-46-38-30-23-18-14-10-9-11-16-20-26-35-44-52-60-77(82)94-73(64-88-75(80)58-50-42-34-28-22-25-32-40-48-56-70(5)6)66-92-96(84,85)90-62-72(79)63-91-97(86,87)93-67-74(65-89-76(81)59-51-43-37-29-33-41-49-57-71(7)8)95-78(83)61-53-45-36-27-21-17-13-12-15-19-24-31-39-47-55-69(3)4/h68-74,79H,9-67H2,1-8H3,(H,84,85)(H,86,87)/t72?,73-,74-/m1/s1. The Balaban J connectivity index is 5.23. The average Bonchev–Trinajstić information content (AvgIpc) is 1.07. The van der Waals surface area contributed by atoms with Gasteiger partial charge in [0.15, 0.2) is 12.2 Å². The highest BCUT2D eigenvalue weighted by Crippen LogP contribution is 2.45. The Morgan fingerprint density at radius 3 is 0.639 bits per heavy atom. The number of carbonyl (C=O) groups excluding carboxylic acids is 4. The lowest BCUT2D eigenvalue weighted by atomic mass is 10.0. The van der Waals surface area contributed by atoms with E-state index in [1.54, 1.807) is 0 Å². The van der Waals surface area contributed by atoms with Gasteiger partial charge in [-0.2, -0.15) is 0 Å². The summed E-state index contributed by atoms with van der Waals surface area (Å²) in [6.07, 6.45) is 52.8. The molecule has 0 radical (unpaired) electrons. The van der Waals surface area contributed by atoms with Crippen molar-refractivity contribution >= 4 is 39.5 Å². The van der Waals surface area contributed by atoms with Crippen LogP contribution in [0.3, 0.4) is 0 Å². The van der Waals surface area contributed by atoms with Gasteiger partial charge < -0.3 is 33.8 Å². The smallest absolute Gasteiger partial charge is 0.462 e. The average molecular weight is 1420 g/mol. The van der Waals surface area contributed by atoms with E-state index in [-0.39, 0.29) is 25.7 Å². The summed E-state index contributed by atoms with van der Waals surface area (Å²) in [4.78, 5) is 72.9. The summed E-state index contributed by atoms with van der Waals surface area (Å²) < 4.78 is 68.6. The van der Waals surface area contributed by atoms with Crippen LogP contribution in [-0.2, 0) is 65.4 Å². The van der Waals surface area contributed by atoms with Gasteiger partial charge in [-0.05, 0) is 49.4 Å².